The van der Waals surface area contributed by atoms with Crippen LogP contribution in [0.1, 0.15) is 23.6 Å². The van der Waals surface area contributed by atoms with Crippen molar-refractivity contribution < 1.29 is 19.4 Å². The molecule has 4 rings (SSSR count). The number of Topliss-reactive ketones (excluding diaryl/α,β-unsaturated/α-hetero) is 1. The van der Waals surface area contributed by atoms with E-state index in [0.29, 0.717) is 37.4 Å². The number of benzene rings is 2. The molecule has 0 saturated carbocycles. The zero-order valence-electron chi connectivity index (χ0n) is 18.4. The van der Waals surface area contributed by atoms with E-state index in [2.05, 4.69) is 27.5 Å². The summed E-state index contributed by atoms with van der Waals surface area (Å²) in [5, 5.41) is 11.2. The number of halogens is 1. The van der Waals surface area contributed by atoms with Crippen LogP contribution in [0.3, 0.4) is 0 Å². The van der Waals surface area contributed by atoms with Crippen molar-refractivity contribution in [2.45, 2.75) is 19.0 Å². The van der Waals surface area contributed by atoms with Crippen LogP contribution < -0.4 is 4.74 Å². The molecule has 8 heteroatoms. The number of ketones is 1. The monoisotopic (exact) mass is 521 g/mol. The first-order chi connectivity index (χ1) is 16.5. The smallest absolute Gasteiger partial charge is 0.295 e. The topological polar surface area (TPSA) is 84.7 Å². The second kappa shape index (κ2) is 10.5. The van der Waals surface area contributed by atoms with Gasteiger partial charge in [-0.2, -0.15) is 0 Å². The fourth-order valence-electron chi connectivity index (χ4n) is 3.96. The van der Waals surface area contributed by atoms with Gasteiger partial charge in [-0.15, -0.1) is 0 Å². The lowest BCUT2D eigenvalue weighted by atomic mass is 9.95. The molecule has 0 bridgehead atoms. The van der Waals surface area contributed by atoms with Gasteiger partial charge in [0, 0.05) is 35.5 Å². The first kappa shape index (κ1) is 23.5. The quantitative estimate of drug-likeness (QED) is 0.190. The number of nitrogens with zero attached hydrogens (tertiary/aromatic N) is 3. The van der Waals surface area contributed by atoms with E-state index in [4.69, 9.17) is 4.74 Å². The van der Waals surface area contributed by atoms with Gasteiger partial charge < -0.3 is 19.3 Å². The fourth-order valence-corrected chi connectivity index (χ4v) is 4.23. The molecule has 0 aliphatic carbocycles. The van der Waals surface area contributed by atoms with Crippen LogP contribution in [0.5, 0.6) is 5.75 Å². The molecular formula is C26H24BrN3O4. The van der Waals surface area contributed by atoms with Gasteiger partial charge in [-0.3, -0.25) is 9.59 Å². The van der Waals surface area contributed by atoms with E-state index in [-0.39, 0.29) is 11.3 Å². The average molecular weight is 522 g/mol. The number of rotatable bonds is 9. The normalized spacial score (nSPS) is 17.2. The molecule has 1 unspecified atom stereocenters. The third-order valence-electron chi connectivity index (χ3n) is 5.60. The van der Waals surface area contributed by atoms with Crippen LogP contribution in [0.4, 0.5) is 0 Å². The summed E-state index contributed by atoms with van der Waals surface area (Å²) in [6.45, 7) is 4.99. The number of aliphatic hydroxyl groups is 1. The van der Waals surface area contributed by atoms with Crippen molar-refractivity contribution in [3.05, 3.63) is 101 Å². The van der Waals surface area contributed by atoms with Crippen LogP contribution in [0.15, 0.2) is 90.0 Å². The minimum Gasteiger partial charge on any atom is -0.507 e. The summed E-state index contributed by atoms with van der Waals surface area (Å²) in [6.07, 6.45) is 7.53. The standard InChI is InChI=1S/C26H24BrN3O4/c1-2-16-34-21-10-6-19(7-11-21)24(31)22-23(18-4-8-20(27)9-5-18)30(26(33)25(22)32)14-3-13-29-15-12-28-17-29/h2,4-12,15,17,23,31H,1,3,13-14,16H2/b24-22-. The average Bonchev–Trinajstić information content (AvgIpc) is 3.45. The highest BCUT2D eigenvalue weighted by molar-refractivity contribution is 9.10. The SMILES string of the molecule is C=CCOc1ccc(/C(O)=C2/C(=O)C(=O)N(CCCn3ccnc3)C2c2ccc(Br)cc2)cc1. The number of likely N-dealkylation sites (tertiary alicyclic amines) is 1. The van der Waals surface area contributed by atoms with Crippen molar-refractivity contribution in [3.8, 4) is 5.75 Å². The Kier molecular flexibility index (Phi) is 7.27. The minimum atomic E-state index is -0.694. The second-order valence-electron chi connectivity index (χ2n) is 7.82. The summed E-state index contributed by atoms with van der Waals surface area (Å²) >= 11 is 3.43. The predicted molar refractivity (Wildman–Crippen MR) is 132 cm³/mol. The van der Waals surface area contributed by atoms with Crippen molar-refractivity contribution >= 4 is 33.4 Å². The minimum absolute atomic E-state index is 0.0784. The van der Waals surface area contributed by atoms with E-state index < -0.39 is 17.7 Å². The van der Waals surface area contributed by atoms with Crippen molar-refractivity contribution in [2.75, 3.05) is 13.2 Å². The Bertz CT molecular complexity index is 1200. The molecule has 7 nitrogen and oxygen atoms in total. The largest absolute Gasteiger partial charge is 0.507 e. The lowest BCUT2D eigenvalue weighted by Gasteiger charge is -2.25. The number of hydrogen-bond acceptors (Lipinski definition) is 5. The summed E-state index contributed by atoms with van der Waals surface area (Å²) in [7, 11) is 0. The van der Waals surface area contributed by atoms with Gasteiger partial charge in [-0.1, -0.05) is 40.7 Å². The Hall–Kier alpha value is -3.65. The molecule has 2 heterocycles. The third-order valence-corrected chi connectivity index (χ3v) is 6.12. The third kappa shape index (κ3) is 4.97. The number of hydrogen-bond donors (Lipinski definition) is 1. The fraction of sp³-hybridized carbons (Fsp3) is 0.192. The summed E-state index contributed by atoms with van der Waals surface area (Å²) in [4.78, 5) is 31.7. The number of aryl methyl sites for hydroxylation is 1. The van der Waals surface area contributed by atoms with Gasteiger partial charge in [0.05, 0.1) is 17.9 Å². The number of ether oxygens (including phenoxy) is 1. The molecule has 2 aromatic carbocycles. The Morgan fingerprint density at radius 2 is 1.85 bits per heavy atom. The Morgan fingerprint density at radius 3 is 2.50 bits per heavy atom. The highest BCUT2D eigenvalue weighted by atomic mass is 79.9. The Morgan fingerprint density at radius 1 is 1.12 bits per heavy atom. The molecule has 0 radical (unpaired) electrons. The van der Waals surface area contributed by atoms with Crippen LogP contribution >= 0.6 is 15.9 Å². The maximum atomic E-state index is 13.1. The van der Waals surface area contributed by atoms with Crippen LogP contribution in [0.25, 0.3) is 5.76 Å². The van der Waals surface area contributed by atoms with E-state index in [1.807, 2.05) is 35.0 Å². The van der Waals surface area contributed by atoms with Gasteiger partial charge >= 0.3 is 0 Å². The highest BCUT2D eigenvalue weighted by Gasteiger charge is 2.45. The molecule has 174 valence electrons. The summed E-state index contributed by atoms with van der Waals surface area (Å²) in [5.41, 5.74) is 1.26. The van der Waals surface area contributed by atoms with E-state index in [1.165, 1.54) is 4.90 Å². The second-order valence-corrected chi connectivity index (χ2v) is 8.74. The first-order valence-corrected chi connectivity index (χ1v) is 11.6. The van der Waals surface area contributed by atoms with Crippen molar-refractivity contribution in [2.24, 2.45) is 0 Å². The van der Waals surface area contributed by atoms with Gasteiger partial charge in [0.2, 0.25) is 0 Å². The number of imidazole rings is 1. The molecule has 34 heavy (non-hydrogen) atoms. The molecule has 1 aromatic heterocycles. The van der Waals surface area contributed by atoms with Gasteiger partial charge in [0.1, 0.15) is 18.1 Å². The molecule has 1 atom stereocenters. The van der Waals surface area contributed by atoms with Crippen LogP contribution in [0.2, 0.25) is 0 Å². The lowest BCUT2D eigenvalue weighted by Crippen LogP contribution is -2.31. The van der Waals surface area contributed by atoms with Crippen LogP contribution in [0, 0.1) is 0 Å². The van der Waals surface area contributed by atoms with Crippen molar-refractivity contribution in [1.29, 1.82) is 0 Å². The maximum Gasteiger partial charge on any atom is 0.295 e. The van der Waals surface area contributed by atoms with Gasteiger partial charge in [-0.25, -0.2) is 4.98 Å². The summed E-state index contributed by atoms with van der Waals surface area (Å²) in [6, 6.07) is 13.5. The maximum absolute atomic E-state index is 13.1. The molecule has 0 spiro atoms. The number of aromatic nitrogens is 2. The first-order valence-electron chi connectivity index (χ1n) is 10.8. The molecule has 3 aromatic rings. The van der Waals surface area contributed by atoms with Gasteiger partial charge in [0.15, 0.2) is 0 Å². The van der Waals surface area contributed by atoms with Crippen molar-refractivity contribution in [3.63, 3.8) is 0 Å². The number of carbonyl (C=O) groups excluding carboxylic acids is 2. The zero-order chi connectivity index (χ0) is 24.1. The van der Waals surface area contributed by atoms with Crippen LogP contribution in [-0.4, -0.2) is 44.4 Å². The molecule has 1 N–H and O–H groups in total. The highest BCUT2D eigenvalue weighted by Crippen LogP contribution is 2.40. The van der Waals surface area contributed by atoms with E-state index in [9.17, 15) is 14.7 Å². The zero-order valence-corrected chi connectivity index (χ0v) is 20.0. The predicted octanol–water partition coefficient (Wildman–Crippen LogP) is 4.72. The Balaban J connectivity index is 1.68. The molecule has 1 aliphatic heterocycles. The molecular weight excluding hydrogens is 498 g/mol. The van der Waals surface area contributed by atoms with Gasteiger partial charge in [0.25, 0.3) is 11.7 Å². The molecule has 1 saturated heterocycles. The van der Waals surface area contributed by atoms with E-state index >= 15 is 0 Å². The van der Waals surface area contributed by atoms with Gasteiger partial charge in [-0.05, 0) is 48.4 Å². The molecule has 1 fully saturated rings. The Labute approximate surface area is 206 Å². The van der Waals surface area contributed by atoms with E-state index in [1.54, 1.807) is 42.9 Å². The number of amides is 1. The molecule has 1 aliphatic rings. The summed E-state index contributed by atoms with van der Waals surface area (Å²) < 4.78 is 8.29. The lowest BCUT2D eigenvalue weighted by molar-refractivity contribution is -0.139. The molecule has 1 amide bonds. The van der Waals surface area contributed by atoms with Crippen molar-refractivity contribution in [1.82, 2.24) is 14.5 Å². The summed E-state index contributed by atoms with van der Waals surface area (Å²) in [5.74, 6) is -0.911. The number of carbonyl (C=O) groups is 2. The van der Waals surface area contributed by atoms with Crippen LogP contribution in [-0.2, 0) is 16.1 Å². The number of aliphatic hydroxyl groups excluding tert-OH is 1. The van der Waals surface area contributed by atoms with E-state index in [0.717, 1.165) is 10.0 Å².